The van der Waals surface area contributed by atoms with Gasteiger partial charge in [0.25, 0.3) is 0 Å². The van der Waals surface area contributed by atoms with Crippen LogP contribution in [0.4, 0.5) is 0 Å². The van der Waals surface area contributed by atoms with E-state index in [4.69, 9.17) is 4.42 Å². The maximum Gasteiger partial charge on any atom is 0.148 e. The van der Waals surface area contributed by atoms with Crippen molar-refractivity contribution in [3.8, 4) is 0 Å². The molecule has 0 aromatic carbocycles. The van der Waals surface area contributed by atoms with Gasteiger partial charge in [-0.15, -0.1) is 11.8 Å². The highest BCUT2D eigenvalue weighted by atomic mass is 32.2. The molecule has 1 N–H and O–H groups in total. The number of hydrogen-bond donors (Lipinski definition) is 1. The second-order valence-corrected chi connectivity index (χ2v) is 6.97. The fourth-order valence-corrected chi connectivity index (χ4v) is 2.52. The number of sulfone groups is 1. The van der Waals surface area contributed by atoms with Gasteiger partial charge in [-0.3, -0.25) is 0 Å². The van der Waals surface area contributed by atoms with Crippen LogP contribution in [0.15, 0.2) is 21.6 Å². The van der Waals surface area contributed by atoms with Gasteiger partial charge < -0.3 is 9.73 Å². The zero-order valence-electron chi connectivity index (χ0n) is 9.52. The minimum Gasteiger partial charge on any atom is -0.468 e. The zero-order valence-corrected chi connectivity index (χ0v) is 11.2. The normalized spacial score (nSPS) is 11.9. The molecular weight excluding hydrogens is 246 g/mol. The van der Waals surface area contributed by atoms with E-state index in [0.29, 0.717) is 6.54 Å². The Balaban J connectivity index is 2.07. The van der Waals surface area contributed by atoms with Crippen molar-refractivity contribution < 1.29 is 12.8 Å². The molecule has 0 unspecified atom stereocenters. The molecule has 1 aromatic heterocycles. The molecule has 1 aromatic rings. The fraction of sp³-hybridized carbons (Fsp3) is 0.600. The van der Waals surface area contributed by atoms with Gasteiger partial charge in [0, 0.05) is 30.0 Å². The van der Waals surface area contributed by atoms with E-state index < -0.39 is 9.84 Å². The Morgan fingerprint density at radius 2 is 2.19 bits per heavy atom. The van der Waals surface area contributed by atoms with Gasteiger partial charge in [0.2, 0.25) is 0 Å². The molecule has 0 saturated heterocycles. The van der Waals surface area contributed by atoms with Gasteiger partial charge in [-0.25, -0.2) is 8.42 Å². The van der Waals surface area contributed by atoms with Gasteiger partial charge in [0.1, 0.15) is 15.6 Å². The van der Waals surface area contributed by atoms with E-state index in [1.54, 1.807) is 18.0 Å². The first-order valence-corrected chi connectivity index (χ1v) is 8.09. The number of rotatable bonds is 7. The van der Waals surface area contributed by atoms with E-state index in [-0.39, 0.29) is 5.75 Å². The molecule has 4 nitrogen and oxygen atoms in total. The monoisotopic (exact) mass is 263 g/mol. The van der Waals surface area contributed by atoms with Crippen molar-refractivity contribution in [2.45, 2.75) is 11.8 Å². The third-order valence-electron chi connectivity index (χ3n) is 2.00. The third-order valence-corrected chi connectivity index (χ3v) is 4.09. The highest BCUT2D eigenvalue weighted by molar-refractivity contribution is 7.99. The number of hydrogen-bond acceptors (Lipinski definition) is 5. The quantitative estimate of drug-likeness (QED) is 0.594. The van der Waals surface area contributed by atoms with Crippen LogP contribution in [0.25, 0.3) is 0 Å². The minimum atomic E-state index is -2.85. The summed E-state index contributed by atoms with van der Waals surface area (Å²) in [6.07, 6.45) is 2.92. The lowest BCUT2D eigenvalue weighted by atomic mass is 10.5. The molecule has 1 heterocycles. The Morgan fingerprint density at radius 3 is 2.75 bits per heavy atom. The third kappa shape index (κ3) is 5.58. The highest BCUT2D eigenvalue weighted by Gasteiger charge is 2.02. The van der Waals surface area contributed by atoms with E-state index >= 15 is 0 Å². The topological polar surface area (TPSA) is 59.3 Å². The summed E-state index contributed by atoms with van der Waals surface area (Å²) in [5, 5.41) is 3.09. The lowest BCUT2D eigenvalue weighted by Crippen LogP contribution is -2.24. The van der Waals surface area contributed by atoms with Crippen LogP contribution in [0, 0.1) is 6.92 Å². The van der Waals surface area contributed by atoms with Gasteiger partial charge in [-0.05, 0) is 13.0 Å². The van der Waals surface area contributed by atoms with E-state index in [0.717, 1.165) is 23.0 Å². The molecule has 0 spiro atoms. The van der Waals surface area contributed by atoms with Crippen molar-refractivity contribution in [3.05, 3.63) is 18.1 Å². The van der Waals surface area contributed by atoms with E-state index in [9.17, 15) is 8.42 Å². The first kappa shape index (κ1) is 13.6. The Bertz CT molecular complexity index is 411. The predicted molar refractivity (Wildman–Crippen MR) is 66.7 cm³/mol. The summed E-state index contributed by atoms with van der Waals surface area (Å²) in [6.45, 7) is 3.24. The summed E-state index contributed by atoms with van der Waals surface area (Å²) in [4.78, 5) is 1.14. The van der Waals surface area contributed by atoms with Crippen molar-refractivity contribution in [3.63, 3.8) is 0 Å². The fourth-order valence-electron chi connectivity index (χ4n) is 1.14. The molecule has 6 heteroatoms. The van der Waals surface area contributed by atoms with Crippen LogP contribution in [-0.4, -0.2) is 39.3 Å². The van der Waals surface area contributed by atoms with Crippen LogP contribution >= 0.6 is 11.8 Å². The van der Waals surface area contributed by atoms with Gasteiger partial charge in [-0.1, -0.05) is 0 Å². The van der Waals surface area contributed by atoms with Crippen molar-refractivity contribution in [2.75, 3.05) is 30.9 Å². The smallest absolute Gasteiger partial charge is 0.148 e. The minimum absolute atomic E-state index is 0.197. The van der Waals surface area contributed by atoms with E-state index in [1.165, 1.54) is 6.26 Å². The van der Waals surface area contributed by atoms with Crippen LogP contribution in [0.5, 0.6) is 0 Å². The number of nitrogens with one attached hydrogen (secondary N) is 1. The summed E-state index contributed by atoms with van der Waals surface area (Å²) in [5.41, 5.74) is 0. The van der Waals surface area contributed by atoms with Crippen molar-refractivity contribution in [1.82, 2.24) is 5.32 Å². The highest BCUT2D eigenvalue weighted by Crippen LogP contribution is 2.22. The van der Waals surface area contributed by atoms with Crippen LogP contribution in [0.1, 0.15) is 5.76 Å². The zero-order chi connectivity index (χ0) is 12.0. The Labute approximate surface area is 101 Å². The largest absolute Gasteiger partial charge is 0.468 e. The molecule has 0 radical (unpaired) electrons. The molecule has 0 bridgehead atoms. The molecule has 16 heavy (non-hydrogen) atoms. The first-order chi connectivity index (χ1) is 7.49. The Kier molecular flexibility index (Phi) is 5.37. The molecule has 0 atom stereocenters. The van der Waals surface area contributed by atoms with Crippen LogP contribution < -0.4 is 5.32 Å². The lowest BCUT2D eigenvalue weighted by molar-refractivity contribution is 0.527. The summed E-state index contributed by atoms with van der Waals surface area (Å²) in [7, 11) is -2.85. The van der Waals surface area contributed by atoms with Crippen LogP contribution in [-0.2, 0) is 9.84 Å². The van der Waals surface area contributed by atoms with Crippen LogP contribution in [0.3, 0.4) is 0 Å². The molecule has 0 saturated carbocycles. The molecule has 0 amide bonds. The first-order valence-electron chi connectivity index (χ1n) is 5.04. The van der Waals surface area contributed by atoms with Gasteiger partial charge in [0.15, 0.2) is 0 Å². The van der Waals surface area contributed by atoms with Crippen molar-refractivity contribution in [2.24, 2.45) is 0 Å². The Hall–Kier alpha value is -0.460. The average molecular weight is 263 g/mol. The molecule has 0 aliphatic carbocycles. The van der Waals surface area contributed by atoms with Gasteiger partial charge in [0.05, 0.1) is 12.0 Å². The summed E-state index contributed by atoms with van der Waals surface area (Å²) >= 11 is 1.71. The van der Waals surface area contributed by atoms with Gasteiger partial charge >= 0.3 is 0 Å². The average Bonchev–Trinajstić information content (AvgIpc) is 2.56. The van der Waals surface area contributed by atoms with Gasteiger partial charge in [-0.2, -0.15) is 0 Å². The summed E-state index contributed by atoms with van der Waals surface area (Å²) < 4.78 is 26.8. The number of aryl methyl sites for hydroxylation is 1. The maximum atomic E-state index is 10.8. The maximum absolute atomic E-state index is 10.8. The molecule has 0 fully saturated rings. The summed E-state index contributed by atoms with van der Waals surface area (Å²) in [5.74, 6) is 2.04. The SMILES string of the molecule is Cc1occc1SCCNCCS(C)(=O)=O. The molecule has 1 rings (SSSR count). The van der Waals surface area contributed by atoms with E-state index in [1.807, 2.05) is 13.0 Å². The second kappa shape index (κ2) is 6.32. The standard InChI is InChI=1S/C10H17NO3S2/c1-9-10(3-6-14-9)15-7-4-11-5-8-16(2,12)13/h3,6,11H,4-5,7-8H2,1-2H3. The van der Waals surface area contributed by atoms with Crippen LogP contribution in [0.2, 0.25) is 0 Å². The molecular formula is C10H17NO3S2. The second-order valence-electron chi connectivity index (χ2n) is 3.57. The predicted octanol–water partition coefficient (Wildman–Crippen LogP) is 1.31. The van der Waals surface area contributed by atoms with Crippen molar-refractivity contribution >= 4 is 21.6 Å². The Morgan fingerprint density at radius 1 is 1.44 bits per heavy atom. The van der Waals surface area contributed by atoms with Crippen molar-refractivity contribution in [1.29, 1.82) is 0 Å². The molecule has 92 valence electrons. The van der Waals surface area contributed by atoms with E-state index in [2.05, 4.69) is 5.32 Å². The molecule has 0 aliphatic heterocycles. The number of furan rings is 1. The lowest BCUT2D eigenvalue weighted by Gasteiger charge is -2.03. The summed E-state index contributed by atoms with van der Waals surface area (Å²) in [6, 6.07) is 1.94. The number of thioether (sulfide) groups is 1. The molecule has 0 aliphatic rings.